The Hall–Kier alpha value is -2.08. The van der Waals surface area contributed by atoms with Crippen LogP contribution in [0, 0.1) is 12.7 Å². The van der Waals surface area contributed by atoms with Crippen LogP contribution in [0.15, 0.2) is 50.9 Å². The Kier molecular flexibility index (Phi) is 6.19. The number of hydrogen-bond donors (Lipinski definition) is 1. The van der Waals surface area contributed by atoms with Crippen LogP contribution in [0.2, 0.25) is 0 Å². The third-order valence-corrected chi connectivity index (χ3v) is 9.11. The quantitative estimate of drug-likeness (QED) is 0.569. The molecular formula is C19H18FNO5S4. The number of fused-ring (bicyclic) bond motifs is 1. The molecule has 0 aliphatic carbocycles. The average molecular weight is 488 g/mol. The number of thiophene rings is 1. The number of sulfonamides is 1. The zero-order chi connectivity index (χ0) is 22.3. The maximum absolute atomic E-state index is 13.6. The summed E-state index contributed by atoms with van der Waals surface area (Å²) in [6, 6.07) is 8.18. The monoisotopic (exact) mass is 487 g/mol. The van der Waals surface area contributed by atoms with Crippen LogP contribution in [0.4, 0.5) is 10.1 Å². The first-order chi connectivity index (χ1) is 13.9. The van der Waals surface area contributed by atoms with Crippen molar-refractivity contribution in [2.45, 2.75) is 16.0 Å². The zero-order valence-electron chi connectivity index (χ0n) is 16.2. The van der Waals surface area contributed by atoms with Crippen molar-refractivity contribution >= 4 is 63.8 Å². The van der Waals surface area contributed by atoms with Crippen LogP contribution in [-0.4, -0.2) is 33.6 Å². The minimum Gasteiger partial charge on any atom is -0.278 e. The summed E-state index contributed by atoms with van der Waals surface area (Å²) >= 11 is 0.975. The highest BCUT2D eigenvalue weighted by atomic mass is 32.2. The lowest BCUT2D eigenvalue weighted by atomic mass is 10.2. The van der Waals surface area contributed by atoms with E-state index in [0.29, 0.717) is 21.2 Å². The van der Waals surface area contributed by atoms with Gasteiger partial charge in [-0.25, -0.2) is 21.2 Å². The minimum atomic E-state index is -4.13. The van der Waals surface area contributed by atoms with Crippen molar-refractivity contribution in [3.63, 3.8) is 0 Å². The van der Waals surface area contributed by atoms with E-state index in [-0.39, 0.29) is 14.8 Å². The van der Waals surface area contributed by atoms with E-state index < -0.39 is 36.5 Å². The second kappa shape index (κ2) is 8.22. The van der Waals surface area contributed by atoms with Crippen molar-refractivity contribution in [2.24, 2.45) is 0 Å². The predicted molar refractivity (Wildman–Crippen MR) is 120 cm³/mol. The van der Waals surface area contributed by atoms with E-state index in [9.17, 15) is 25.4 Å². The molecule has 1 heterocycles. The van der Waals surface area contributed by atoms with Gasteiger partial charge in [0.05, 0.1) is 10.6 Å². The van der Waals surface area contributed by atoms with Gasteiger partial charge in [-0.05, 0) is 59.8 Å². The number of anilines is 1. The van der Waals surface area contributed by atoms with Gasteiger partial charge in [-0.2, -0.15) is 0 Å². The lowest BCUT2D eigenvalue weighted by Crippen LogP contribution is -2.15. The fourth-order valence-electron chi connectivity index (χ4n) is 2.83. The van der Waals surface area contributed by atoms with E-state index in [4.69, 9.17) is 0 Å². The van der Waals surface area contributed by atoms with Gasteiger partial charge in [0, 0.05) is 33.4 Å². The second-order valence-electron chi connectivity index (χ2n) is 6.59. The molecule has 30 heavy (non-hydrogen) atoms. The zero-order valence-corrected chi connectivity index (χ0v) is 19.4. The van der Waals surface area contributed by atoms with Crippen molar-refractivity contribution in [3.8, 4) is 0 Å². The first-order valence-corrected chi connectivity index (χ1v) is 14.3. The summed E-state index contributed by atoms with van der Waals surface area (Å²) in [6.07, 6.45) is 3.93. The van der Waals surface area contributed by atoms with Gasteiger partial charge in [0.25, 0.3) is 10.0 Å². The van der Waals surface area contributed by atoms with Crippen LogP contribution in [0.1, 0.15) is 11.1 Å². The fourth-order valence-corrected chi connectivity index (χ4v) is 6.94. The normalized spacial score (nSPS) is 13.7. The standard InChI is InChI=1S/C19H18FNO5S4/c1-12-15-11-14(20)5-7-17(15)27-19(12)30(25,26)21-16-6-4-13(8-9-28(2)22)10-18(16)29(3,23)24/h4-11,21H,1-3H3/b9-8+. The highest BCUT2D eigenvalue weighted by molar-refractivity contribution is 7.95. The van der Waals surface area contributed by atoms with Gasteiger partial charge in [0.2, 0.25) is 0 Å². The van der Waals surface area contributed by atoms with Crippen molar-refractivity contribution in [1.82, 2.24) is 0 Å². The van der Waals surface area contributed by atoms with Crippen molar-refractivity contribution in [2.75, 3.05) is 17.2 Å². The van der Waals surface area contributed by atoms with Crippen LogP contribution in [0.25, 0.3) is 16.2 Å². The molecule has 1 N–H and O–H groups in total. The molecule has 1 aromatic heterocycles. The molecule has 0 amide bonds. The number of hydrogen-bond acceptors (Lipinski definition) is 6. The Bertz CT molecular complexity index is 1410. The third kappa shape index (κ3) is 4.80. The molecule has 0 fully saturated rings. The molecule has 2 aromatic carbocycles. The van der Waals surface area contributed by atoms with Crippen LogP contribution in [0.5, 0.6) is 0 Å². The number of sulfone groups is 1. The van der Waals surface area contributed by atoms with E-state index in [1.165, 1.54) is 54.1 Å². The van der Waals surface area contributed by atoms with E-state index in [1.54, 1.807) is 6.92 Å². The smallest absolute Gasteiger partial charge is 0.271 e. The molecule has 0 aliphatic rings. The van der Waals surface area contributed by atoms with Crippen molar-refractivity contribution in [1.29, 1.82) is 0 Å². The first-order valence-electron chi connectivity index (χ1n) is 8.44. The summed E-state index contributed by atoms with van der Waals surface area (Å²) in [6.45, 7) is 1.57. The van der Waals surface area contributed by atoms with E-state index in [2.05, 4.69) is 4.72 Å². The molecule has 0 aliphatic heterocycles. The Morgan fingerprint density at radius 2 is 1.80 bits per heavy atom. The van der Waals surface area contributed by atoms with Crippen molar-refractivity contribution < 1.29 is 25.4 Å². The highest BCUT2D eigenvalue weighted by Crippen LogP contribution is 2.36. The number of halogens is 1. The van der Waals surface area contributed by atoms with Crippen LogP contribution in [-0.2, 0) is 30.7 Å². The molecule has 6 nitrogen and oxygen atoms in total. The molecule has 1 atom stereocenters. The summed E-state index contributed by atoms with van der Waals surface area (Å²) in [5, 5.41) is 1.88. The van der Waals surface area contributed by atoms with E-state index in [0.717, 1.165) is 17.6 Å². The minimum absolute atomic E-state index is 0.0205. The summed E-state index contributed by atoms with van der Waals surface area (Å²) in [4.78, 5) is -0.208. The van der Waals surface area contributed by atoms with Crippen LogP contribution in [0.3, 0.4) is 0 Å². The maximum Gasteiger partial charge on any atom is 0.271 e. The predicted octanol–water partition coefficient (Wildman–Crippen LogP) is 3.90. The molecule has 1 unspecified atom stereocenters. The van der Waals surface area contributed by atoms with Gasteiger partial charge < -0.3 is 0 Å². The molecule has 0 saturated heterocycles. The summed E-state index contributed by atoms with van der Waals surface area (Å²) in [7, 11) is -9.12. The van der Waals surface area contributed by atoms with Gasteiger partial charge in [-0.15, -0.1) is 11.3 Å². The van der Waals surface area contributed by atoms with Gasteiger partial charge in [-0.1, -0.05) is 6.07 Å². The van der Waals surface area contributed by atoms with E-state index >= 15 is 0 Å². The number of benzene rings is 2. The topological polar surface area (TPSA) is 97.4 Å². The Balaban J connectivity index is 2.09. The number of rotatable bonds is 6. The van der Waals surface area contributed by atoms with Gasteiger partial charge in [-0.3, -0.25) is 8.93 Å². The fraction of sp³-hybridized carbons (Fsp3) is 0.158. The summed E-state index contributed by atoms with van der Waals surface area (Å²) < 4.78 is 78.2. The third-order valence-electron chi connectivity index (χ3n) is 4.20. The van der Waals surface area contributed by atoms with Gasteiger partial charge in [0.15, 0.2) is 9.84 Å². The van der Waals surface area contributed by atoms with Crippen molar-refractivity contribution in [3.05, 3.63) is 58.8 Å². The lowest BCUT2D eigenvalue weighted by Gasteiger charge is -2.12. The van der Waals surface area contributed by atoms with Gasteiger partial charge in [0.1, 0.15) is 10.0 Å². The molecule has 160 valence electrons. The molecule has 0 radical (unpaired) electrons. The Morgan fingerprint density at radius 3 is 2.43 bits per heavy atom. The molecule has 0 bridgehead atoms. The summed E-state index contributed by atoms with van der Waals surface area (Å²) in [5.74, 6) is -0.476. The molecule has 0 saturated carbocycles. The summed E-state index contributed by atoms with van der Waals surface area (Å²) in [5.41, 5.74) is 0.741. The largest absolute Gasteiger partial charge is 0.278 e. The van der Waals surface area contributed by atoms with E-state index in [1.807, 2.05) is 0 Å². The Morgan fingerprint density at radius 1 is 1.10 bits per heavy atom. The number of nitrogens with one attached hydrogen (secondary N) is 1. The Labute approximate surface area is 180 Å². The molecule has 3 aromatic rings. The molecule has 3 rings (SSSR count). The molecule has 11 heteroatoms. The van der Waals surface area contributed by atoms with Crippen LogP contribution < -0.4 is 4.72 Å². The molecule has 0 spiro atoms. The maximum atomic E-state index is 13.6. The second-order valence-corrected chi connectivity index (χ2v) is 12.8. The SMILES string of the molecule is Cc1c(S(=O)(=O)Nc2ccc(/C=C/S(C)=O)cc2S(C)(=O)=O)sc2ccc(F)cc12. The first kappa shape index (κ1) is 22.6. The van der Waals surface area contributed by atoms with Crippen LogP contribution >= 0.6 is 11.3 Å². The lowest BCUT2D eigenvalue weighted by molar-refractivity contribution is 0.602. The molecular weight excluding hydrogens is 469 g/mol. The average Bonchev–Trinajstić information content (AvgIpc) is 2.97. The van der Waals surface area contributed by atoms with Gasteiger partial charge >= 0.3 is 0 Å². The highest BCUT2D eigenvalue weighted by Gasteiger charge is 2.25. The number of aryl methyl sites for hydroxylation is 1.